The summed E-state index contributed by atoms with van der Waals surface area (Å²) >= 11 is 12.8. The van der Waals surface area contributed by atoms with Gasteiger partial charge in [-0.1, -0.05) is 60.5 Å². The van der Waals surface area contributed by atoms with Crippen molar-refractivity contribution in [3.05, 3.63) is 69.2 Å². The van der Waals surface area contributed by atoms with Gasteiger partial charge in [-0.25, -0.2) is 4.79 Å². The summed E-state index contributed by atoms with van der Waals surface area (Å²) in [6.45, 7) is 10.3. The van der Waals surface area contributed by atoms with Gasteiger partial charge in [0.25, 0.3) is 0 Å². The van der Waals surface area contributed by atoms with Crippen molar-refractivity contribution in [1.82, 2.24) is 14.7 Å². The summed E-state index contributed by atoms with van der Waals surface area (Å²) in [4.78, 5) is 31.0. The molecule has 1 spiro atoms. The van der Waals surface area contributed by atoms with E-state index in [0.717, 1.165) is 31.5 Å². The highest BCUT2D eigenvalue weighted by Crippen LogP contribution is 2.47. The van der Waals surface area contributed by atoms with E-state index in [4.69, 9.17) is 23.2 Å². The van der Waals surface area contributed by atoms with Gasteiger partial charge >= 0.3 is 6.09 Å². The Morgan fingerprint density at radius 1 is 1.05 bits per heavy atom. The van der Waals surface area contributed by atoms with Gasteiger partial charge in [-0.05, 0) is 88.5 Å². The van der Waals surface area contributed by atoms with Gasteiger partial charge in [-0.3, -0.25) is 9.00 Å². The SMILES string of the molecule is CCC(=O)N(C)CC(CCN1CCC2(CC1)c1ccccc1C[S@@]2=O)(CN(C(=O)O)C(C)(C)C)c1ccc(Cl)c(Cl)c1. The number of likely N-dealkylation sites (N-methyl/N-ethyl adjacent to an activating group) is 1. The summed E-state index contributed by atoms with van der Waals surface area (Å²) in [5.41, 5.74) is 1.86. The Morgan fingerprint density at radius 3 is 2.31 bits per heavy atom. The third kappa shape index (κ3) is 6.67. The molecule has 0 aliphatic carbocycles. The number of nitrogens with zero attached hydrogens (tertiary/aromatic N) is 3. The predicted octanol–water partition coefficient (Wildman–Crippen LogP) is 6.52. The number of hydrogen-bond acceptors (Lipinski definition) is 4. The van der Waals surface area contributed by atoms with E-state index in [1.165, 1.54) is 16.0 Å². The van der Waals surface area contributed by atoms with Crippen LogP contribution in [0, 0.1) is 0 Å². The monoisotopic (exact) mass is 635 g/mol. The second-order valence-corrected chi connectivity index (χ2v) is 15.4. The van der Waals surface area contributed by atoms with Gasteiger partial charge in [-0.2, -0.15) is 0 Å². The Hall–Kier alpha value is -2.13. The van der Waals surface area contributed by atoms with Crippen LogP contribution in [0.5, 0.6) is 0 Å². The minimum absolute atomic E-state index is 0.0145. The molecule has 0 radical (unpaired) electrons. The zero-order valence-electron chi connectivity index (χ0n) is 25.3. The summed E-state index contributed by atoms with van der Waals surface area (Å²) in [6.07, 6.45) is 1.56. The molecule has 2 aliphatic rings. The second kappa shape index (κ2) is 12.8. The molecule has 1 N–H and O–H groups in total. The van der Waals surface area contributed by atoms with E-state index >= 15 is 0 Å². The molecule has 4 rings (SSSR count). The standard InChI is InChI=1S/C32H43Cl2N3O4S/c1-6-28(38)35(5)21-31(22-37(29(39)40)30(2,3)4,24-11-12-26(33)27(34)19-24)13-16-36-17-14-32(15-18-36)25-10-8-7-9-23(25)20-42(32)41/h7-12,19H,6,13-18,20-22H2,1-5H3,(H,39,40)/t31?,42-/m0/s1. The fourth-order valence-corrected chi connectivity index (χ4v) is 8.76. The molecule has 2 amide bonds. The quantitative estimate of drug-likeness (QED) is 0.339. The molecule has 2 atom stereocenters. The zero-order valence-corrected chi connectivity index (χ0v) is 27.6. The van der Waals surface area contributed by atoms with Crippen molar-refractivity contribution >= 4 is 46.0 Å². The number of carboxylic acid groups (broad SMARTS) is 1. The molecule has 2 aromatic rings. The number of piperidine rings is 1. The fraction of sp³-hybridized carbons (Fsp3) is 0.562. The maximum atomic E-state index is 13.3. The first kappa shape index (κ1) is 32.8. The van der Waals surface area contributed by atoms with Crippen LogP contribution in [0.25, 0.3) is 0 Å². The first-order valence-electron chi connectivity index (χ1n) is 14.6. The average molecular weight is 637 g/mol. The smallest absolute Gasteiger partial charge is 0.407 e. The first-order valence-corrected chi connectivity index (χ1v) is 16.7. The lowest BCUT2D eigenvalue weighted by molar-refractivity contribution is -0.130. The molecule has 2 aromatic carbocycles. The van der Waals surface area contributed by atoms with E-state index in [9.17, 15) is 18.9 Å². The molecule has 42 heavy (non-hydrogen) atoms. The van der Waals surface area contributed by atoms with Gasteiger partial charge in [0.05, 0.1) is 14.8 Å². The van der Waals surface area contributed by atoms with Crippen molar-refractivity contribution in [3.8, 4) is 0 Å². The fourth-order valence-electron chi connectivity index (χ4n) is 6.57. The molecule has 0 bridgehead atoms. The molecule has 0 aromatic heterocycles. The van der Waals surface area contributed by atoms with Gasteiger partial charge in [0.2, 0.25) is 5.91 Å². The van der Waals surface area contributed by atoms with Crippen LogP contribution < -0.4 is 0 Å². The van der Waals surface area contributed by atoms with Crippen LogP contribution in [0.3, 0.4) is 0 Å². The van der Waals surface area contributed by atoms with E-state index < -0.39 is 27.8 Å². The van der Waals surface area contributed by atoms with Crippen LogP contribution in [0.4, 0.5) is 4.79 Å². The lowest BCUT2D eigenvalue weighted by atomic mass is 9.75. The van der Waals surface area contributed by atoms with Gasteiger partial charge in [0, 0.05) is 54.1 Å². The second-order valence-electron chi connectivity index (χ2n) is 12.8. The van der Waals surface area contributed by atoms with Crippen molar-refractivity contribution in [2.45, 2.75) is 74.8 Å². The number of rotatable bonds is 9. The van der Waals surface area contributed by atoms with E-state index in [2.05, 4.69) is 17.0 Å². The van der Waals surface area contributed by atoms with Gasteiger partial charge in [0.15, 0.2) is 0 Å². The van der Waals surface area contributed by atoms with E-state index in [1.807, 2.05) is 52.0 Å². The minimum atomic E-state index is -1.02. The number of carbonyl (C=O) groups excluding carboxylic acids is 1. The number of fused-ring (bicyclic) bond motifs is 2. The highest BCUT2D eigenvalue weighted by molar-refractivity contribution is 7.85. The first-order chi connectivity index (χ1) is 19.7. The minimum Gasteiger partial charge on any atom is -0.465 e. The molecule has 1 unspecified atom stereocenters. The highest BCUT2D eigenvalue weighted by Gasteiger charge is 2.47. The Bertz CT molecular complexity index is 1340. The molecule has 1 saturated heterocycles. The van der Waals surface area contributed by atoms with Crippen molar-refractivity contribution in [2.75, 3.05) is 39.8 Å². The van der Waals surface area contributed by atoms with Crippen LogP contribution in [0.2, 0.25) is 10.0 Å². The Kier molecular flexibility index (Phi) is 10.0. The molecule has 10 heteroatoms. The summed E-state index contributed by atoms with van der Waals surface area (Å²) in [5, 5.41) is 11.1. The number of likely N-dealkylation sites (tertiary alicyclic amines) is 1. The molecular formula is C32H43Cl2N3O4S. The predicted molar refractivity (Wildman–Crippen MR) is 171 cm³/mol. The molecule has 2 heterocycles. The number of carbonyl (C=O) groups is 2. The number of halogens is 2. The van der Waals surface area contributed by atoms with Crippen molar-refractivity contribution in [2.24, 2.45) is 0 Å². The Balaban J connectivity index is 1.66. The lowest BCUT2D eigenvalue weighted by Gasteiger charge is -2.46. The Morgan fingerprint density at radius 2 is 1.71 bits per heavy atom. The normalized spacial score (nSPS) is 19.7. The molecular weight excluding hydrogens is 593 g/mol. The molecule has 1 fully saturated rings. The zero-order chi connectivity index (χ0) is 30.9. The summed E-state index contributed by atoms with van der Waals surface area (Å²) in [5.74, 6) is 0.603. The van der Waals surface area contributed by atoms with Gasteiger partial charge in [-0.15, -0.1) is 0 Å². The van der Waals surface area contributed by atoms with E-state index in [0.29, 0.717) is 41.7 Å². The van der Waals surface area contributed by atoms with Crippen molar-refractivity contribution in [3.63, 3.8) is 0 Å². The van der Waals surface area contributed by atoms with Crippen LogP contribution >= 0.6 is 23.2 Å². The number of amides is 2. The van der Waals surface area contributed by atoms with Crippen molar-refractivity contribution in [1.29, 1.82) is 0 Å². The average Bonchev–Trinajstić information content (AvgIpc) is 3.21. The highest BCUT2D eigenvalue weighted by atomic mass is 35.5. The maximum absolute atomic E-state index is 13.3. The third-order valence-corrected chi connectivity index (χ3v) is 11.9. The van der Waals surface area contributed by atoms with E-state index in [1.54, 1.807) is 18.0 Å². The molecule has 2 aliphatic heterocycles. The van der Waals surface area contributed by atoms with Gasteiger partial charge in [0.1, 0.15) is 0 Å². The van der Waals surface area contributed by atoms with E-state index in [-0.39, 0.29) is 17.2 Å². The molecule has 7 nitrogen and oxygen atoms in total. The third-order valence-electron chi connectivity index (χ3n) is 9.10. The summed E-state index contributed by atoms with van der Waals surface area (Å²) < 4.78 is 13.0. The van der Waals surface area contributed by atoms with Crippen LogP contribution in [0.15, 0.2) is 42.5 Å². The summed E-state index contributed by atoms with van der Waals surface area (Å²) in [6, 6.07) is 13.8. The van der Waals surface area contributed by atoms with Crippen LogP contribution in [-0.2, 0) is 31.5 Å². The number of hydrogen-bond donors (Lipinski definition) is 1. The van der Waals surface area contributed by atoms with Crippen LogP contribution in [-0.4, -0.2) is 81.3 Å². The van der Waals surface area contributed by atoms with Crippen molar-refractivity contribution < 1.29 is 18.9 Å². The molecule has 0 saturated carbocycles. The lowest BCUT2D eigenvalue weighted by Crippen LogP contribution is -2.56. The van der Waals surface area contributed by atoms with Crippen LogP contribution in [0.1, 0.15) is 70.1 Å². The Labute approximate surface area is 262 Å². The largest absolute Gasteiger partial charge is 0.465 e. The number of benzene rings is 2. The maximum Gasteiger partial charge on any atom is 0.407 e. The topological polar surface area (TPSA) is 81.2 Å². The summed E-state index contributed by atoms with van der Waals surface area (Å²) in [7, 11) is 0.833. The molecule has 230 valence electrons. The van der Waals surface area contributed by atoms with Gasteiger partial charge < -0.3 is 19.8 Å².